The van der Waals surface area contributed by atoms with E-state index in [9.17, 15) is 4.79 Å². The van der Waals surface area contributed by atoms with Crippen LogP contribution in [0.5, 0.6) is 0 Å². The monoisotopic (exact) mass is 334 g/mol. The Morgan fingerprint density at radius 1 is 1.10 bits per heavy atom. The molecule has 20 heavy (non-hydrogen) atoms. The topological polar surface area (TPSA) is 44.8 Å². The van der Waals surface area contributed by atoms with Crippen LogP contribution in [0.15, 0.2) is 12.2 Å². The molecule has 0 aromatic heterocycles. The number of hydrogen-bond acceptors (Lipinski definition) is 4. The molecule has 118 valence electrons. The van der Waals surface area contributed by atoms with Gasteiger partial charge >= 0.3 is 5.97 Å². The van der Waals surface area contributed by atoms with Gasteiger partial charge in [0.1, 0.15) is 5.91 Å². The van der Waals surface area contributed by atoms with Gasteiger partial charge in [0.2, 0.25) is 0 Å². The predicted molar refractivity (Wildman–Crippen MR) is 91.8 cm³/mol. The van der Waals surface area contributed by atoms with E-state index in [1.807, 2.05) is 0 Å². The fraction of sp³-hybridized carbons (Fsp3) is 0.769. The molecule has 0 saturated carbocycles. The summed E-state index contributed by atoms with van der Waals surface area (Å²) in [5.41, 5.74) is 0.444. The highest BCUT2D eigenvalue weighted by molar-refractivity contribution is 6.71. The van der Waals surface area contributed by atoms with Gasteiger partial charge in [0.05, 0.1) is 16.1 Å². The highest BCUT2D eigenvalue weighted by Crippen LogP contribution is 2.14. The Kier molecular flexibility index (Phi) is 8.19. The van der Waals surface area contributed by atoms with E-state index in [0.717, 1.165) is 6.04 Å². The smallest absolute Gasteiger partial charge is 0.333 e. The fourth-order valence-corrected chi connectivity index (χ4v) is 7.83. The van der Waals surface area contributed by atoms with Crippen LogP contribution in [0, 0.1) is 0 Å². The zero-order chi connectivity index (χ0) is 16.0. The second-order valence-corrected chi connectivity index (χ2v) is 17.8. The normalized spacial score (nSPS) is 13.2. The molecule has 0 aliphatic rings. The van der Waals surface area contributed by atoms with E-state index in [-0.39, 0.29) is 11.9 Å². The van der Waals surface area contributed by atoms with E-state index in [4.69, 9.17) is 13.6 Å². The predicted octanol–water partition coefficient (Wildman–Crippen LogP) is 2.68. The van der Waals surface area contributed by atoms with Crippen molar-refractivity contribution >= 4 is 32.1 Å². The quantitative estimate of drug-likeness (QED) is 0.214. The fourth-order valence-electron chi connectivity index (χ4n) is 1.47. The first kappa shape index (κ1) is 19.8. The minimum Gasteiger partial charge on any atom is -0.463 e. The molecule has 4 nitrogen and oxygen atoms in total. The van der Waals surface area contributed by atoms with Gasteiger partial charge in [0.15, 0.2) is 16.6 Å². The zero-order valence-electron chi connectivity index (χ0n) is 14.0. The molecule has 0 radical (unpaired) electrons. The van der Waals surface area contributed by atoms with Gasteiger partial charge in [-0.25, -0.2) is 4.79 Å². The first-order valence-electron chi connectivity index (χ1n) is 7.09. The number of carbonyl (C=O) groups is 1. The van der Waals surface area contributed by atoms with Crippen molar-refractivity contribution in [1.82, 2.24) is 0 Å². The lowest BCUT2D eigenvalue weighted by atomic mass is 10.4. The van der Waals surface area contributed by atoms with Crippen molar-refractivity contribution in [3.63, 3.8) is 0 Å². The van der Waals surface area contributed by atoms with E-state index in [2.05, 4.69) is 45.9 Å². The summed E-state index contributed by atoms with van der Waals surface area (Å²) >= 11 is 0. The van der Waals surface area contributed by atoms with Crippen molar-refractivity contribution in [1.29, 1.82) is 0 Å². The summed E-state index contributed by atoms with van der Waals surface area (Å²) in [4.78, 5) is 11.3. The third-order valence-electron chi connectivity index (χ3n) is 2.14. The Bertz CT molecular complexity index is 315. The summed E-state index contributed by atoms with van der Waals surface area (Å²) in [5, 5.41) is 0. The Morgan fingerprint density at radius 2 is 1.55 bits per heavy atom. The molecule has 0 bridgehead atoms. The summed E-state index contributed by atoms with van der Waals surface area (Å²) in [6.07, 6.45) is 0. The number of ether oxygens (including phenoxy) is 1. The van der Waals surface area contributed by atoms with Gasteiger partial charge in [0, 0.05) is 5.57 Å². The zero-order valence-corrected chi connectivity index (χ0v) is 17.5. The molecule has 0 spiro atoms. The Morgan fingerprint density at radius 3 is 1.90 bits per heavy atom. The average molecular weight is 335 g/mol. The van der Waals surface area contributed by atoms with Crippen molar-refractivity contribution < 1.29 is 18.4 Å². The maximum atomic E-state index is 11.3. The van der Waals surface area contributed by atoms with Crippen molar-refractivity contribution in [2.24, 2.45) is 0 Å². The van der Waals surface area contributed by atoms with Crippen LogP contribution in [0.4, 0.5) is 0 Å². The summed E-state index contributed by atoms with van der Waals surface area (Å²) in [7, 11) is -3.80. The first-order valence-corrected chi connectivity index (χ1v) is 15.7. The largest absolute Gasteiger partial charge is 0.463 e. The molecule has 0 saturated heterocycles. The molecule has 0 fully saturated rings. The molecule has 7 heteroatoms. The lowest BCUT2D eigenvalue weighted by Crippen LogP contribution is -2.43. The second kappa shape index (κ2) is 8.28. The number of carbonyl (C=O) groups excluding carboxylic acids is 1. The van der Waals surface area contributed by atoms with Crippen molar-refractivity contribution in [3.05, 3.63) is 12.2 Å². The summed E-state index contributed by atoms with van der Waals surface area (Å²) in [6, 6.07) is 0.874. The van der Waals surface area contributed by atoms with Crippen LogP contribution >= 0.6 is 0 Å². The number of rotatable bonds is 9. The maximum Gasteiger partial charge on any atom is 0.333 e. The van der Waals surface area contributed by atoms with E-state index < -0.39 is 26.2 Å². The van der Waals surface area contributed by atoms with Gasteiger partial charge in [-0.1, -0.05) is 6.58 Å². The molecule has 0 aromatic rings. The first-order chi connectivity index (χ1) is 8.91. The van der Waals surface area contributed by atoms with Crippen LogP contribution in [0.25, 0.3) is 0 Å². The van der Waals surface area contributed by atoms with Gasteiger partial charge in [-0.2, -0.15) is 0 Å². The van der Waals surface area contributed by atoms with E-state index in [0.29, 0.717) is 12.2 Å². The Hall–Kier alpha value is -0.219. The molecule has 0 atom stereocenters. The Balaban J connectivity index is 4.23. The third-order valence-corrected chi connectivity index (χ3v) is 6.24. The lowest BCUT2D eigenvalue weighted by molar-refractivity contribution is -0.138. The van der Waals surface area contributed by atoms with Gasteiger partial charge in [-0.05, 0) is 52.2 Å². The van der Waals surface area contributed by atoms with Crippen molar-refractivity contribution in [2.45, 2.75) is 58.2 Å². The minimum atomic E-state index is -1.61. The van der Waals surface area contributed by atoms with Crippen LogP contribution in [-0.4, -0.2) is 44.6 Å². The molecule has 0 aliphatic carbocycles. The summed E-state index contributed by atoms with van der Waals surface area (Å²) in [5.74, 6) is -0.357. The molecule has 0 amide bonds. The summed E-state index contributed by atoms with van der Waals surface area (Å²) in [6.45, 7) is 18.7. The van der Waals surface area contributed by atoms with E-state index in [1.165, 1.54) is 0 Å². The molecule has 0 rings (SSSR count). The van der Waals surface area contributed by atoms with Crippen LogP contribution < -0.4 is 0 Å². The molecule has 0 aliphatic heterocycles. The molecule has 0 unspecified atom stereocenters. The highest BCUT2D eigenvalue weighted by atomic mass is 28.4. The number of hydrogen-bond donors (Lipinski definition) is 0. The van der Waals surface area contributed by atoms with Crippen LogP contribution in [0.2, 0.25) is 45.3 Å². The molecular weight excluding hydrogens is 304 g/mol. The molecule has 0 aromatic carbocycles. The maximum absolute atomic E-state index is 11.3. The van der Waals surface area contributed by atoms with Crippen molar-refractivity contribution in [2.75, 3.05) is 6.61 Å². The average Bonchev–Trinajstić information content (AvgIpc) is 2.18. The van der Waals surface area contributed by atoms with E-state index in [1.54, 1.807) is 6.92 Å². The number of esters is 1. The van der Waals surface area contributed by atoms with Crippen LogP contribution in [0.3, 0.4) is 0 Å². The van der Waals surface area contributed by atoms with Gasteiger partial charge in [-0.15, -0.1) is 0 Å². The molecule has 0 N–H and O–H groups in total. The SMILES string of the molecule is C=C(C)C(=O)OCC[SiH2]C(O[Si](C)(C)C)O[Si](C)(C)C. The molecular formula is C13H30O4Si3. The van der Waals surface area contributed by atoms with Crippen LogP contribution in [-0.2, 0) is 18.4 Å². The van der Waals surface area contributed by atoms with Gasteiger partial charge in [-0.3, -0.25) is 0 Å². The Labute approximate surface area is 128 Å². The highest BCUT2D eigenvalue weighted by Gasteiger charge is 2.26. The second-order valence-electron chi connectivity index (χ2n) is 6.95. The van der Waals surface area contributed by atoms with E-state index >= 15 is 0 Å². The van der Waals surface area contributed by atoms with Crippen molar-refractivity contribution in [3.8, 4) is 0 Å². The summed E-state index contributed by atoms with van der Waals surface area (Å²) < 4.78 is 17.4. The molecule has 0 heterocycles. The van der Waals surface area contributed by atoms with Crippen LogP contribution in [0.1, 0.15) is 6.92 Å². The van der Waals surface area contributed by atoms with Gasteiger partial charge < -0.3 is 13.6 Å². The van der Waals surface area contributed by atoms with Gasteiger partial charge in [0.25, 0.3) is 0 Å². The third kappa shape index (κ3) is 11.6. The minimum absolute atomic E-state index is 0.0446. The standard InChI is InChI=1S/C13H30O4Si3/c1-11(2)12(14)15-9-10-18-13(16-19(3,4)5)17-20(6,7)8/h13H,1,9-10,18H2,2-8H3. The lowest BCUT2D eigenvalue weighted by Gasteiger charge is -2.31.